The molecule has 1 aliphatic heterocycles. The van der Waals surface area contributed by atoms with Gasteiger partial charge in [-0.1, -0.05) is 12.1 Å². The number of fused-ring (bicyclic) bond motifs is 1. The van der Waals surface area contributed by atoms with Crippen LogP contribution in [0.25, 0.3) is 11.1 Å². The lowest BCUT2D eigenvalue weighted by Crippen LogP contribution is -2.35. The van der Waals surface area contributed by atoms with Crippen LogP contribution in [0.4, 0.5) is 0 Å². The van der Waals surface area contributed by atoms with Crippen molar-refractivity contribution < 1.29 is 13.9 Å². The molecule has 1 fully saturated rings. The summed E-state index contributed by atoms with van der Waals surface area (Å²) in [7, 11) is 0. The normalized spacial score (nSPS) is 16.4. The van der Waals surface area contributed by atoms with Gasteiger partial charge in [0.25, 0.3) is 5.88 Å². The van der Waals surface area contributed by atoms with E-state index in [1.165, 1.54) is 17.0 Å². The van der Waals surface area contributed by atoms with E-state index in [-0.39, 0.29) is 30.1 Å². The number of nitrogens with zero attached hydrogens (tertiary/aromatic N) is 5. The van der Waals surface area contributed by atoms with Gasteiger partial charge in [0.2, 0.25) is 11.6 Å². The molecule has 9 heteroatoms. The molecule has 0 saturated carbocycles. The third kappa shape index (κ3) is 3.25. The molecule has 136 valence electrons. The Labute approximate surface area is 153 Å². The zero-order chi connectivity index (χ0) is 18.8. The second-order valence-corrected chi connectivity index (χ2v) is 6.11. The summed E-state index contributed by atoms with van der Waals surface area (Å²) in [5.74, 6) is -0.597. The molecule has 27 heavy (non-hydrogen) atoms. The number of nitriles is 1. The molecule has 0 aliphatic carbocycles. The molecule has 1 aliphatic rings. The van der Waals surface area contributed by atoms with Gasteiger partial charge in [0.15, 0.2) is 5.58 Å². The lowest BCUT2D eigenvalue weighted by molar-refractivity contribution is -0.131. The average Bonchev–Trinajstić information content (AvgIpc) is 3.27. The third-order valence-electron chi connectivity index (χ3n) is 4.41. The summed E-state index contributed by atoms with van der Waals surface area (Å²) in [5.41, 5.74) is 1.14. The number of ether oxygens (including phenoxy) is 1. The van der Waals surface area contributed by atoms with Gasteiger partial charge < -0.3 is 14.1 Å². The van der Waals surface area contributed by atoms with Gasteiger partial charge in [-0.15, -0.1) is 0 Å². The molecule has 0 bridgehead atoms. The Hall–Kier alpha value is -3.67. The maximum Gasteiger partial charge on any atom is 0.420 e. The topological polar surface area (TPSA) is 114 Å². The monoisotopic (exact) mass is 365 g/mol. The quantitative estimate of drug-likeness (QED) is 0.676. The number of carbonyl (C=O) groups excluding carboxylic acids is 1. The zero-order valence-corrected chi connectivity index (χ0v) is 14.2. The standard InChI is InChI=1S/C18H15N5O4/c19-9-13-17(21-7-6-20-13)26-12-5-8-22(10-12)16(24)11-23-14-3-1-2-4-15(14)27-18(23)25/h1-4,6-7,12H,5,8,10-11H2/t12-/m0/s1. The highest BCUT2D eigenvalue weighted by Crippen LogP contribution is 2.19. The SMILES string of the molecule is N#Cc1nccnc1O[C@H]1CCN(C(=O)Cn2c(=O)oc3ccccc32)C1. The average molecular weight is 365 g/mol. The Morgan fingerprint density at radius 3 is 3.00 bits per heavy atom. The first-order valence-corrected chi connectivity index (χ1v) is 8.39. The molecular weight excluding hydrogens is 350 g/mol. The van der Waals surface area contributed by atoms with E-state index in [9.17, 15) is 9.59 Å². The molecule has 1 amide bonds. The predicted octanol–water partition coefficient (Wildman–Crippen LogP) is 0.936. The zero-order valence-electron chi connectivity index (χ0n) is 14.2. The highest BCUT2D eigenvalue weighted by atomic mass is 16.5. The van der Waals surface area contributed by atoms with Crippen LogP contribution in [-0.2, 0) is 11.3 Å². The van der Waals surface area contributed by atoms with Crippen LogP contribution < -0.4 is 10.5 Å². The van der Waals surface area contributed by atoms with Crippen LogP contribution in [0.3, 0.4) is 0 Å². The van der Waals surface area contributed by atoms with Crippen LogP contribution in [-0.4, -0.2) is 44.5 Å². The van der Waals surface area contributed by atoms with E-state index in [0.717, 1.165) is 0 Å². The number of oxazole rings is 1. The Morgan fingerprint density at radius 2 is 2.15 bits per heavy atom. The Balaban J connectivity index is 1.44. The molecule has 1 atom stereocenters. The predicted molar refractivity (Wildman–Crippen MR) is 92.8 cm³/mol. The van der Waals surface area contributed by atoms with Gasteiger partial charge in [0.1, 0.15) is 18.7 Å². The van der Waals surface area contributed by atoms with Crippen LogP contribution in [0.2, 0.25) is 0 Å². The molecule has 4 rings (SSSR count). The summed E-state index contributed by atoms with van der Waals surface area (Å²) in [5, 5.41) is 9.05. The van der Waals surface area contributed by atoms with Crippen LogP contribution >= 0.6 is 0 Å². The maximum absolute atomic E-state index is 12.6. The fourth-order valence-electron chi connectivity index (χ4n) is 3.10. The summed E-state index contributed by atoms with van der Waals surface area (Å²) >= 11 is 0. The van der Waals surface area contributed by atoms with Crippen LogP contribution in [0, 0.1) is 11.3 Å². The second-order valence-electron chi connectivity index (χ2n) is 6.11. The summed E-state index contributed by atoms with van der Waals surface area (Å²) in [4.78, 5) is 34.2. The molecule has 0 N–H and O–H groups in total. The molecule has 3 heterocycles. The van der Waals surface area contributed by atoms with Crippen molar-refractivity contribution in [2.45, 2.75) is 19.1 Å². The van der Waals surface area contributed by atoms with Crippen molar-refractivity contribution in [2.75, 3.05) is 13.1 Å². The first-order valence-electron chi connectivity index (χ1n) is 8.39. The van der Waals surface area contributed by atoms with Crippen LogP contribution in [0.1, 0.15) is 12.1 Å². The summed E-state index contributed by atoms with van der Waals surface area (Å²) in [6.45, 7) is 0.748. The number of hydrogen-bond acceptors (Lipinski definition) is 7. The molecule has 1 aromatic carbocycles. The van der Waals surface area contributed by atoms with E-state index in [2.05, 4.69) is 9.97 Å². The maximum atomic E-state index is 12.6. The van der Waals surface area contributed by atoms with Crippen molar-refractivity contribution in [3.05, 3.63) is 52.9 Å². The van der Waals surface area contributed by atoms with Gasteiger partial charge in [0.05, 0.1) is 12.1 Å². The molecule has 0 unspecified atom stereocenters. The van der Waals surface area contributed by atoms with Gasteiger partial charge in [0, 0.05) is 25.4 Å². The molecule has 1 saturated heterocycles. The van der Waals surface area contributed by atoms with Crippen molar-refractivity contribution >= 4 is 17.0 Å². The van der Waals surface area contributed by atoms with Crippen molar-refractivity contribution in [3.63, 3.8) is 0 Å². The summed E-state index contributed by atoms with van der Waals surface area (Å²) < 4.78 is 12.2. The van der Waals surface area contributed by atoms with E-state index >= 15 is 0 Å². The fourth-order valence-corrected chi connectivity index (χ4v) is 3.10. The minimum Gasteiger partial charge on any atom is -0.470 e. The minimum absolute atomic E-state index is 0.100. The minimum atomic E-state index is -0.560. The number of para-hydroxylation sites is 2. The Bertz CT molecular complexity index is 1100. The van der Waals surface area contributed by atoms with Gasteiger partial charge in [-0.25, -0.2) is 14.8 Å². The number of rotatable bonds is 4. The number of amides is 1. The smallest absolute Gasteiger partial charge is 0.420 e. The Morgan fingerprint density at radius 1 is 1.33 bits per heavy atom. The Kier molecular flexibility index (Phi) is 4.30. The lowest BCUT2D eigenvalue weighted by atomic mass is 10.3. The highest BCUT2D eigenvalue weighted by molar-refractivity contribution is 5.79. The van der Waals surface area contributed by atoms with E-state index in [1.54, 1.807) is 29.2 Å². The second kappa shape index (κ2) is 6.92. The molecule has 0 spiro atoms. The first-order chi connectivity index (χ1) is 13.2. The van der Waals surface area contributed by atoms with Crippen molar-refractivity contribution in [3.8, 4) is 11.9 Å². The molecule has 3 aromatic rings. The summed E-state index contributed by atoms with van der Waals surface area (Å²) in [6, 6.07) is 8.90. The number of carbonyl (C=O) groups is 1. The van der Waals surface area contributed by atoms with E-state index < -0.39 is 5.76 Å². The largest absolute Gasteiger partial charge is 0.470 e. The molecule has 0 radical (unpaired) electrons. The van der Waals surface area contributed by atoms with E-state index in [0.29, 0.717) is 30.6 Å². The number of hydrogen-bond donors (Lipinski definition) is 0. The highest BCUT2D eigenvalue weighted by Gasteiger charge is 2.29. The van der Waals surface area contributed by atoms with Gasteiger partial charge in [-0.05, 0) is 12.1 Å². The first kappa shape index (κ1) is 16.8. The number of likely N-dealkylation sites (tertiary alicyclic amines) is 1. The van der Waals surface area contributed by atoms with Gasteiger partial charge in [-0.3, -0.25) is 9.36 Å². The summed E-state index contributed by atoms with van der Waals surface area (Å²) in [6.07, 6.45) is 3.19. The van der Waals surface area contributed by atoms with Crippen molar-refractivity contribution in [1.29, 1.82) is 5.26 Å². The van der Waals surface area contributed by atoms with Gasteiger partial charge >= 0.3 is 5.76 Å². The van der Waals surface area contributed by atoms with Crippen LogP contribution in [0.5, 0.6) is 5.88 Å². The van der Waals surface area contributed by atoms with Crippen molar-refractivity contribution in [1.82, 2.24) is 19.4 Å². The lowest BCUT2D eigenvalue weighted by Gasteiger charge is -2.17. The number of aromatic nitrogens is 3. The molecular formula is C18H15N5O4. The third-order valence-corrected chi connectivity index (χ3v) is 4.41. The molecule has 9 nitrogen and oxygen atoms in total. The van der Waals surface area contributed by atoms with E-state index in [1.807, 2.05) is 6.07 Å². The van der Waals surface area contributed by atoms with Crippen LogP contribution in [0.15, 0.2) is 45.9 Å². The van der Waals surface area contributed by atoms with Gasteiger partial charge in [-0.2, -0.15) is 5.26 Å². The molecule has 2 aromatic heterocycles. The number of benzene rings is 1. The van der Waals surface area contributed by atoms with Crippen molar-refractivity contribution in [2.24, 2.45) is 0 Å². The van der Waals surface area contributed by atoms with E-state index in [4.69, 9.17) is 14.4 Å². The fraction of sp³-hybridized carbons (Fsp3) is 0.278.